The van der Waals surface area contributed by atoms with Gasteiger partial charge in [0.15, 0.2) is 0 Å². The molecular formula is C50H76O5S2. The molecule has 0 saturated heterocycles. The van der Waals surface area contributed by atoms with Gasteiger partial charge in [0.2, 0.25) is 0 Å². The van der Waals surface area contributed by atoms with Gasteiger partial charge in [-0.3, -0.25) is 13.8 Å². The van der Waals surface area contributed by atoms with Crippen molar-refractivity contribution in [3.8, 4) is 0 Å². The van der Waals surface area contributed by atoms with Gasteiger partial charge in [0.05, 0.1) is 13.2 Å². The second-order valence-electron chi connectivity index (χ2n) is 12.5. The predicted octanol–water partition coefficient (Wildman–Crippen LogP) is 13.8. The van der Waals surface area contributed by atoms with E-state index in [1.165, 1.54) is 0 Å². The highest BCUT2D eigenvalue weighted by atomic mass is 32.2. The Balaban J connectivity index is 0. The Labute approximate surface area is 355 Å². The minimum Gasteiger partial charge on any atom is -0.465 e. The van der Waals surface area contributed by atoms with Gasteiger partial charge in [-0.05, 0) is 110 Å². The molecule has 57 heavy (non-hydrogen) atoms. The Bertz CT molecular complexity index is 1350. The second-order valence-corrected chi connectivity index (χ2v) is 15.1. The Hall–Kier alpha value is -3.68. The quantitative estimate of drug-likeness (QED) is 0.0497. The van der Waals surface area contributed by atoms with Crippen LogP contribution in [0.25, 0.3) is 0 Å². The molecule has 5 nitrogen and oxygen atoms in total. The number of carbonyl (C=O) groups excluding carboxylic acids is 2. The van der Waals surface area contributed by atoms with Crippen LogP contribution in [-0.4, -0.2) is 52.4 Å². The fourth-order valence-corrected chi connectivity index (χ4v) is 5.89. The third-order valence-electron chi connectivity index (χ3n) is 7.68. The largest absolute Gasteiger partial charge is 0.465 e. The lowest BCUT2D eigenvalue weighted by atomic mass is 10.2. The molecule has 318 valence electrons. The van der Waals surface area contributed by atoms with E-state index >= 15 is 0 Å². The van der Waals surface area contributed by atoms with E-state index < -0.39 is 16.0 Å². The molecule has 0 saturated carbocycles. The highest BCUT2D eigenvalue weighted by Crippen LogP contribution is 2.14. The van der Waals surface area contributed by atoms with Crippen LogP contribution in [0.15, 0.2) is 146 Å². The van der Waals surface area contributed by atoms with Crippen molar-refractivity contribution in [2.45, 2.75) is 128 Å². The number of esters is 2. The third kappa shape index (κ3) is 41.8. The van der Waals surface area contributed by atoms with Gasteiger partial charge in [0.1, 0.15) is 10.5 Å². The molecule has 0 heterocycles. The zero-order chi connectivity index (χ0) is 42.3. The van der Waals surface area contributed by atoms with Crippen LogP contribution in [0, 0.1) is 0 Å². The molecule has 0 bridgehead atoms. The maximum atomic E-state index is 11.7. The zero-order valence-electron chi connectivity index (χ0n) is 36.2. The summed E-state index contributed by atoms with van der Waals surface area (Å²) in [5.74, 6) is -0.498. The summed E-state index contributed by atoms with van der Waals surface area (Å²) in [5, 5.41) is -0.663. The summed E-state index contributed by atoms with van der Waals surface area (Å²) in [7, 11) is -1.22. The molecule has 0 amide bonds. The summed E-state index contributed by atoms with van der Waals surface area (Å²) in [4.78, 5) is 23.4. The van der Waals surface area contributed by atoms with Gasteiger partial charge in [-0.1, -0.05) is 160 Å². The first-order valence-corrected chi connectivity index (χ1v) is 23.8. The Morgan fingerprint density at radius 1 is 0.439 bits per heavy atom. The van der Waals surface area contributed by atoms with Crippen LogP contribution in [0.3, 0.4) is 0 Å². The monoisotopic (exact) mass is 821 g/mol. The van der Waals surface area contributed by atoms with Crippen LogP contribution in [0.1, 0.15) is 118 Å². The molecule has 0 aliphatic carbocycles. The first kappa shape index (κ1) is 55.4. The van der Waals surface area contributed by atoms with Gasteiger partial charge in [-0.2, -0.15) is 0 Å². The van der Waals surface area contributed by atoms with Crippen molar-refractivity contribution in [3.63, 3.8) is 0 Å². The van der Waals surface area contributed by atoms with Crippen molar-refractivity contribution in [3.05, 3.63) is 146 Å². The van der Waals surface area contributed by atoms with Crippen molar-refractivity contribution in [2.75, 3.05) is 25.7 Å². The summed E-state index contributed by atoms with van der Waals surface area (Å²) in [6.45, 7) is 8.65. The average molecular weight is 821 g/mol. The molecule has 3 atom stereocenters. The first-order valence-electron chi connectivity index (χ1n) is 20.9. The maximum Gasteiger partial charge on any atom is 0.322 e. The number of hydrogen-bond acceptors (Lipinski definition) is 6. The van der Waals surface area contributed by atoms with E-state index in [4.69, 9.17) is 9.47 Å². The molecule has 0 fully saturated rings. The maximum absolute atomic E-state index is 11.7. The molecular weight excluding hydrogens is 745 g/mol. The molecule has 0 aromatic carbocycles. The molecule has 0 aromatic heterocycles. The normalized spacial score (nSPS) is 14.5. The molecule has 0 aliphatic heterocycles. The topological polar surface area (TPSA) is 69.7 Å². The van der Waals surface area contributed by atoms with Crippen molar-refractivity contribution in [1.29, 1.82) is 0 Å². The molecule has 0 rings (SSSR count). The van der Waals surface area contributed by atoms with E-state index in [0.717, 1.165) is 83.5 Å². The highest BCUT2D eigenvalue weighted by molar-refractivity contribution is 7.99. The number of thioether (sulfide) groups is 1. The van der Waals surface area contributed by atoms with Gasteiger partial charge >= 0.3 is 11.9 Å². The number of allylic oxidation sites excluding steroid dienone is 24. The van der Waals surface area contributed by atoms with Gasteiger partial charge in [0, 0.05) is 17.1 Å². The van der Waals surface area contributed by atoms with E-state index in [9.17, 15) is 13.8 Å². The third-order valence-corrected chi connectivity index (χ3v) is 9.82. The predicted molar refractivity (Wildman–Crippen MR) is 254 cm³/mol. The summed E-state index contributed by atoms with van der Waals surface area (Å²) >= 11 is 1.54. The van der Waals surface area contributed by atoms with E-state index in [-0.39, 0.29) is 17.2 Å². The van der Waals surface area contributed by atoms with E-state index in [1.807, 2.05) is 25.3 Å². The molecule has 0 radical (unpaired) electrons. The second kappa shape index (κ2) is 46.7. The van der Waals surface area contributed by atoms with Crippen LogP contribution in [0.5, 0.6) is 0 Å². The molecule has 0 N–H and O–H groups in total. The highest BCUT2D eigenvalue weighted by Gasteiger charge is 2.22. The lowest BCUT2D eigenvalue weighted by Gasteiger charge is -2.10. The van der Waals surface area contributed by atoms with E-state index in [2.05, 4.69) is 148 Å². The molecule has 7 heteroatoms. The standard InChI is InChI=1S/C25H38O3S.C25H38O2S/c1-4-6-7-8-9-10-11-12-13-14-15-16-17-18-19-20-21-22-23-24(29(3)27)25(26)28-5-2;1-4-6-7-8-9-10-11-12-13-14-15-16-17-18-19-20-21-22-23-24(28-3)25(26)27-5-2/h6-7,9-10,12-13,15-16,18-19,21-22,24H,4-5,8,11,14,17,20,23H2,1-3H3;6-7,9-10,12-13,15-16,18-19,21-22,24H,4-5,8,11,14,17,20,23H2,1-3H3/b2*7-6-,10-9-,13-12-,16-15-,19-18-,22-21-. The fourth-order valence-electron chi connectivity index (χ4n) is 4.61. The SMILES string of the molecule is CC/C=C\C/C=C\C/C=C\C/C=C\C/C=C\C/C=C\CC(C(=O)OCC)S(C)=O.CC/C=C\C/C=C\C/C=C\C/C=C\C/C=C\C/C=C\CC(SC)C(=O)OCC. The number of carbonyl (C=O) groups is 2. The minimum absolute atomic E-state index is 0.0930. The zero-order valence-corrected chi connectivity index (χ0v) is 37.8. The summed E-state index contributed by atoms with van der Waals surface area (Å²) in [5.41, 5.74) is 0. The van der Waals surface area contributed by atoms with Crippen LogP contribution in [0.4, 0.5) is 0 Å². The van der Waals surface area contributed by atoms with Crippen molar-refractivity contribution in [2.24, 2.45) is 0 Å². The Morgan fingerprint density at radius 2 is 0.702 bits per heavy atom. The number of hydrogen-bond donors (Lipinski definition) is 0. The summed E-state index contributed by atoms with van der Waals surface area (Å²) in [6.07, 6.45) is 68.2. The van der Waals surface area contributed by atoms with Crippen LogP contribution in [-0.2, 0) is 29.9 Å². The smallest absolute Gasteiger partial charge is 0.322 e. The van der Waals surface area contributed by atoms with Crippen LogP contribution < -0.4 is 0 Å². The molecule has 3 unspecified atom stereocenters. The first-order chi connectivity index (χ1) is 27.9. The van der Waals surface area contributed by atoms with Crippen molar-refractivity contribution < 1.29 is 23.3 Å². The minimum atomic E-state index is -1.22. The molecule has 0 aromatic rings. The van der Waals surface area contributed by atoms with Crippen LogP contribution >= 0.6 is 11.8 Å². The van der Waals surface area contributed by atoms with Gasteiger partial charge in [0.25, 0.3) is 0 Å². The van der Waals surface area contributed by atoms with Gasteiger partial charge in [-0.25, -0.2) is 0 Å². The average Bonchev–Trinajstić information content (AvgIpc) is 3.20. The van der Waals surface area contributed by atoms with Crippen molar-refractivity contribution in [1.82, 2.24) is 0 Å². The molecule has 0 spiro atoms. The Kier molecular flexibility index (Phi) is 45.4. The van der Waals surface area contributed by atoms with E-state index in [1.54, 1.807) is 24.9 Å². The van der Waals surface area contributed by atoms with Gasteiger partial charge < -0.3 is 9.47 Å². The summed E-state index contributed by atoms with van der Waals surface area (Å²) in [6, 6.07) is 0. The lowest BCUT2D eigenvalue weighted by molar-refractivity contribution is -0.143. The van der Waals surface area contributed by atoms with Crippen molar-refractivity contribution >= 4 is 34.5 Å². The summed E-state index contributed by atoms with van der Waals surface area (Å²) < 4.78 is 21.6. The molecule has 0 aliphatic rings. The lowest BCUT2D eigenvalue weighted by Crippen LogP contribution is -2.27. The number of ether oxygens (including phenoxy) is 2. The van der Waals surface area contributed by atoms with Crippen LogP contribution in [0.2, 0.25) is 0 Å². The Morgan fingerprint density at radius 3 is 0.965 bits per heavy atom. The number of rotatable bonds is 32. The fraction of sp³-hybridized carbons (Fsp3) is 0.480. The van der Waals surface area contributed by atoms with E-state index in [0.29, 0.717) is 19.6 Å². The van der Waals surface area contributed by atoms with Gasteiger partial charge in [-0.15, -0.1) is 11.8 Å².